The van der Waals surface area contributed by atoms with Crippen molar-refractivity contribution in [2.24, 2.45) is 0 Å². The van der Waals surface area contributed by atoms with Gasteiger partial charge in [-0.25, -0.2) is 0 Å². The number of nitro benzene ring substituents is 1. The van der Waals surface area contributed by atoms with Crippen molar-refractivity contribution in [2.75, 3.05) is 11.1 Å². The summed E-state index contributed by atoms with van der Waals surface area (Å²) >= 11 is 3.23. The van der Waals surface area contributed by atoms with Crippen LogP contribution < -0.4 is 5.73 Å². The van der Waals surface area contributed by atoms with Crippen molar-refractivity contribution in [2.45, 2.75) is 0 Å². The molecule has 0 atom stereocenters. The van der Waals surface area contributed by atoms with E-state index in [9.17, 15) is 10.1 Å². The highest BCUT2D eigenvalue weighted by Gasteiger charge is 2.06. The van der Waals surface area contributed by atoms with Gasteiger partial charge in [-0.05, 0) is 11.6 Å². The van der Waals surface area contributed by atoms with Gasteiger partial charge in [0.15, 0.2) is 0 Å². The lowest BCUT2D eigenvalue weighted by Crippen LogP contribution is -1.93. The summed E-state index contributed by atoms with van der Waals surface area (Å²) < 4.78 is 0. The van der Waals surface area contributed by atoms with E-state index in [1.54, 1.807) is 6.07 Å². The van der Waals surface area contributed by atoms with Crippen LogP contribution in [-0.4, -0.2) is 10.3 Å². The molecular weight excluding hydrogens is 248 g/mol. The average Bonchev–Trinajstić information content (AvgIpc) is 2.15. The molecule has 0 amide bonds. The summed E-state index contributed by atoms with van der Waals surface area (Å²) in [5, 5.41) is 11.1. The first-order valence-electron chi connectivity index (χ1n) is 3.91. The number of anilines is 1. The summed E-state index contributed by atoms with van der Waals surface area (Å²) in [6.45, 7) is 0. The van der Waals surface area contributed by atoms with E-state index < -0.39 is 4.92 Å². The molecular formula is C9H9BrN2O2. The molecule has 5 heteroatoms. The Morgan fingerprint density at radius 1 is 1.57 bits per heavy atom. The van der Waals surface area contributed by atoms with Crippen molar-refractivity contribution in [1.82, 2.24) is 0 Å². The molecule has 0 aliphatic rings. The van der Waals surface area contributed by atoms with Gasteiger partial charge in [-0.15, -0.1) is 0 Å². The standard InChI is InChI=1S/C9H9BrN2O2/c10-5-1-2-7-3-4-8(12(13)14)6-9(7)11/h1-4,6H,5,11H2. The SMILES string of the molecule is Nc1cc([N+](=O)[O-])ccc1C=CCBr. The Bertz CT molecular complexity index is 377. The van der Waals surface area contributed by atoms with E-state index in [1.165, 1.54) is 12.1 Å². The number of non-ortho nitro benzene ring substituents is 1. The molecule has 0 saturated carbocycles. The van der Waals surface area contributed by atoms with E-state index in [0.717, 1.165) is 10.9 Å². The quantitative estimate of drug-likeness (QED) is 0.391. The van der Waals surface area contributed by atoms with E-state index in [0.29, 0.717) is 5.69 Å². The number of benzene rings is 1. The Labute approximate surface area is 89.7 Å². The first-order chi connectivity index (χ1) is 6.65. The summed E-state index contributed by atoms with van der Waals surface area (Å²) in [6, 6.07) is 4.42. The number of allylic oxidation sites excluding steroid dienone is 1. The van der Waals surface area contributed by atoms with Crippen molar-refractivity contribution in [1.29, 1.82) is 0 Å². The third kappa shape index (κ3) is 2.56. The molecule has 0 aliphatic carbocycles. The molecule has 1 aromatic carbocycles. The second-order valence-corrected chi connectivity index (χ2v) is 3.27. The minimum atomic E-state index is -0.464. The molecule has 1 rings (SSSR count). The Morgan fingerprint density at radius 2 is 2.29 bits per heavy atom. The summed E-state index contributed by atoms with van der Waals surface area (Å²) in [6.07, 6.45) is 3.69. The number of alkyl halides is 1. The van der Waals surface area contributed by atoms with E-state index in [-0.39, 0.29) is 5.69 Å². The zero-order valence-electron chi connectivity index (χ0n) is 7.31. The van der Waals surface area contributed by atoms with Crippen molar-refractivity contribution in [3.63, 3.8) is 0 Å². The van der Waals surface area contributed by atoms with Crippen molar-refractivity contribution in [3.8, 4) is 0 Å². The molecule has 0 spiro atoms. The number of hydrogen-bond acceptors (Lipinski definition) is 3. The summed E-state index contributed by atoms with van der Waals surface area (Å²) in [7, 11) is 0. The molecule has 0 aliphatic heterocycles. The van der Waals surface area contributed by atoms with Crippen LogP contribution >= 0.6 is 15.9 Å². The van der Waals surface area contributed by atoms with Crippen molar-refractivity contribution >= 4 is 33.4 Å². The van der Waals surface area contributed by atoms with E-state index in [1.807, 2.05) is 12.2 Å². The fourth-order valence-electron chi connectivity index (χ4n) is 0.999. The van der Waals surface area contributed by atoms with Gasteiger partial charge in [-0.1, -0.05) is 28.1 Å². The highest BCUT2D eigenvalue weighted by Crippen LogP contribution is 2.20. The largest absolute Gasteiger partial charge is 0.398 e. The third-order valence-corrected chi connectivity index (χ3v) is 2.04. The van der Waals surface area contributed by atoms with Gasteiger partial charge in [0, 0.05) is 23.2 Å². The molecule has 74 valence electrons. The molecule has 0 saturated heterocycles. The van der Waals surface area contributed by atoms with Gasteiger partial charge in [0.2, 0.25) is 0 Å². The number of nitro groups is 1. The van der Waals surface area contributed by atoms with Crippen molar-refractivity contribution < 1.29 is 4.92 Å². The molecule has 1 aromatic rings. The van der Waals surface area contributed by atoms with Crippen LogP contribution in [0, 0.1) is 10.1 Å². The Morgan fingerprint density at radius 3 is 2.79 bits per heavy atom. The molecule has 14 heavy (non-hydrogen) atoms. The van der Waals surface area contributed by atoms with E-state index in [2.05, 4.69) is 15.9 Å². The van der Waals surface area contributed by atoms with Gasteiger partial charge in [-0.3, -0.25) is 10.1 Å². The molecule has 0 aromatic heterocycles. The van der Waals surface area contributed by atoms with Crippen LogP contribution in [0.3, 0.4) is 0 Å². The van der Waals surface area contributed by atoms with Gasteiger partial charge in [0.1, 0.15) is 0 Å². The first kappa shape index (κ1) is 10.7. The highest BCUT2D eigenvalue weighted by atomic mass is 79.9. The molecule has 0 bridgehead atoms. The lowest BCUT2D eigenvalue weighted by atomic mass is 10.1. The second-order valence-electron chi connectivity index (χ2n) is 2.63. The normalized spacial score (nSPS) is 10.6. The zero-order valence-corrected chi connectivity index (χ0v) is 8.90. The highest BCUT2D eigenvalue weighted by molar-refractivity contribution is 9.09. The fraction of sp³-hybridized carbons (Fsp3) is 0.111. The van der Waals surface area contributed by atoms with Crippen LogP contribution in [0.15, 0.2) is 24.3 Å². The lowest BCUT2D eigenvalue weighted by Gasteiger charge is -1.99. The Balaban J connectivity index is 3.01. The molecule has 0 unspecified atom stereocenters. The first-order valence-corrected chi connectivity index (χ1v) is 5.03. The Hall–Kier alpha value is -1.36. The maximum Gasteiger partial charge on any atom is 0.271 e. The number of rotatable bonds is 3. The van der Waals surface area contributed by atoms with Gasteiger partial charge in [-0.2, -0.15) is 0 Å². The Kier molecular flexibility index (Phi) is 3.64. The van der Waals surface area contributed by atoms with Crippen molar-refractivity contribution in [3.05, 3.63) is 40.0 Å². The molecule has 0 fully saturated rings. The average molecular weight is 257 g/mol. The van der Waals surface area contributed by atoms with Crippen LogP contribution in [0.25, 0.3) is 6.08 Å². The van der Waals surface area contributed by atoms with E-state index >= 15 is 0 Å². The van der Waals surface area contributed by atoms with Gasteiger partial charge in [0.25, 0.3) is 5.69 Å². The van der Waals surface area contributed by atoms with E-state index in [4.69, 9.17) is 5.73 Å². The monoisotopic (exact) mass is 256 g/mol. The summed E-state index contributed by atoms with van der Waals surface area (Å²) in [5.74, 6) is 0. The second kappa shape index (κ2) is 4.76. The third-order valence-electron chi connectivity index (χ3n) is 1.67. The lowest BCUT2D eigenvalue weighted by molar-refractivity contribution is -0.384. The summed E-state index contributed by atoms with van der Waals surface area (Å²) in [5.41, 5.74) is 6.84. The molecule has 0 radical (unpaired) electrons. The number of nitrogens with two attached hydrogens (primary N) is 1. The minimum absolute atomic E-state index is 0.0125. The van der Waals surface area contributed by atoms with Crippen LogP contribution in [-0.2, 0) is 0 Å². The number of halogens is 1. The van der Waals surface area contributed by atoms with Crippen LogP contribution in [0.2, 0.25) is 0 Å². The minimum Gasteiger partial charge on any atom is -0.398 e. The molecule has 0 heterocycles. The maximum atomic E-state index is 10.4. The van der Waals surface area contributed by atoms with Gasteiger partial charge >= 0.3 is 0 Å². The van der Waals surface area contributed by atoms with Crippen LogP contribution in [0.4, 0.5) is 11.4 Å². The molecule has 4 nitrogen and oxygen atoms in total. The number of nitrogen functional groups attached to an aromatic ring is 1. The zero-order chi connectivity index (χ0) is 10.6. The number of hydrogen-bond donors (Lipinski definition) is 1. The predicted octanol–water partition coefficient (Wildman–Crippen LogP) is 2.59. The summed E-state index contributed by atoms with van der Waals surface area (Å²) in [4.78, 5) is 9.94. The predicted molar refractivity (Wildman–Crippen MR) is 60.3 cm³/mol. The van der Waals surface area contributed by atoms with Gasteiger partial charge < -0.3 is 5.73 Å². The number of nitrogens with zero attached hydrogens (tertiary/aromatic N) is 1. The smallest absolute Gasteiger partial charge is 0.271 e. The van der Waals surface area contributed by atoms with Gasteiger partial charge in [0.05, 0.1) is 4.92 Å². The van der Waals surface area contributed by atoms with Crippen LogP contribution in [0.1, 0.15) is 5.56 Å². The molecule has 2 N–H and O–H groups in total. The topological polar surface area (TPSA) is 69.2 Å². The fourth-order valence-corrected chi connectivity index (χ4v) is 1.19. The maximum absolute atomic E-state index is 10.4. The van der Waals surface area contributed by atoms with Crippen LogP contribution in [0.5, 0.6) is 0 Å².